The van der Waals surface area contributed by atoms with Crippen molar-refractivity contribution in [1.82, 2.24) is 15.5 Å². The summed E-state index contributed by atoms with van der Waals surface area (Å²) in [6.45, 7) is 3.02. The maximum absolute atomic E-state index is 12.0. The van der Waals surface area contributed by atoms with Gasteiger partial charge in [0, 0.05) is 31.7 Å². The van der Waals surface area contributed by atoms with Gasteiger partial charge < -0.3 is 20.5 Å². The molecular weight excluding hydrogens is 294 g/mol. The van der Waals surface area contributed by atoms with Crippen LogP contribution in [0.15, 0.2) is 0 Å². The van der Waals surface area contributed by atoms with Crippen LogP contribution < -0.4 is 10.6 Å². The molecular formula is C17H31N3O3. The summed E-state index contributed by atoms with van der Waals surface area (Å²) in [6, 6.07) is 1.01. The van der Waals surface area contributed by atoms with Gasteiger partial charge in [0.25, 0.3) is 0 Å². The second kappa shape index (κ2) is 7.81. The molecule has 132 valence electrons. The molecule has 0 aromatic rings. The lowest BCUT2D eigenvalue weighted by Crippen LogP contribution is -2.50. The standard InChI is InChI=1S/C17H31N3O3/c21-16(19-12-17(22)8-10-23-13-17)18-11-15-7-4-9-20(15)14-5-2-1-3-6-14/h14-15,22H,1-13H2,(H2,18,19,21)/t15-,17-/m0/s1. The summed E-state index contributed by atoms with van der Waals surface area (Å²) in [5.41, 5.74) is -0.890. The van der Waals surface area contributed by atoms with Gasteiger partial charge in [-0.3, -0.25) is 4.90 Å². The van der Waals surface area contributed by atoms with Crippen molar-refractivity contribution in [2.75, 3.05) is 32.8 Å². The Morgan fingerprint density at radius 1 is 1.17 bits per heavy atom. The minimum atomic E-state index is -0.890. The smallest absolute Gasteiger partial charge is 0.314 e. The summed E-state index contributed by atoms with van der Waals surface area (Å²) in [4.78, 5) is 14.6. The fourth-order valence-electron chi connectivity index (χ4n) is 4.22. The van der Waals surface area contributed by atoms with Crippen molar-refractivity contribution in [3.8, 4) is 0 Å². The highest BCUT2D eigenvalue weighted by Crippen LogP contribution is 2.28. The molecule has 2 saturated heterocycles. The summed E-state index contributed by atoms with van der Waals surface area (Å²) >= 11 is 0. The minimum absolute atomic E-state index is 0.180. The van der Waals surface area contributed by atoms with Crippen LogP contribution in [0.5, 0.6) is 0 Å². The number of nitrogens with zero attached hydrogens (tertiary/aromatic N) is 1. The van der Waals surface area contributed by atoms with Crippen molar-refractivity contribution in [3.05, 3.63) is 0 Å². The molecule has 1 saturated carbocycles. The predicted molar refractivity (Wildman–Crippen MR) is 88.4 cm³/mol. The van der Waals surface area contributed by atoms with E-state index < -0.39 is 5.60 Å². The molecule has 2 heterocycles. The van der Waals surface area contributed by atoms with Crippen molar-refractivity contribution in [3.63, 3.8) is 0 Å². The quantitative estimate of drug-likeness (QED) is 0.711. The Balaban J connectivity index is 1.39. The van der Waals surface area contributed by atoms with Crippen molar-refractivity contribution in [2.24, 2.45) is 0 Å². The van der Waals surface area contributed by atoms with Gasteiger partial charge in [-0.05, 0) is 32.2 Å². The average molecular weight is 325 g/mol. The van der Waals surface area contributed by atoms with Crippen molar-refractivity contribution >= 4 is 6.03 Å². The van der Waals surface area contributed by atoms with E-state index in [1.807, 2.05) is 0 Å². The Labute approximate surface area is 138 Å². The summed E-state index contributed by atoms with van der Waals surface area (Å²) < 4.78 is 5.19. The highest BCUT2D eigenvalue weighted by Gasteiger charge is 2.33. The van der Waals surface area contributed by atoms with E-state index in [-0.39, 0.29) is 12.6 Å². The van der Waals surface area contributed by atoms with Crippen LogP contribution in [-0.4, -0.2) is 66.6 Å². The molecule has 3 fully saturated rings. The number of ether oxygens (including phenoxy) is 1. The summed E-state index contributed by atoms with van der Waals surface area (Å²) in [7, 11) is 0. The fraction of sp³-hybridized carbons (Fsp3) is 0.941. The van der Waals surface area contributed by atoms with Crippen molar-refractivity contribution in [2.45, 2.75) is 69.1 Å². The molecule has 3 aliphatic rings. The van der Waals surface area contributed by atoms with E-state index in [9.17, 15) is 9.90 Å². The third-order valence-corrected chi connectivity index (χ3v) is 5.63. The Kier molecular flexibility index (Phi) is 5.77. The molecule has 0 spiro atoms. The molecule has 1 aliphatic carbocycles. The van der Waals surface area contributed by atoms with Crippen LogP contribution in [0.1, 0.15) is 51.4 Å². The first-order valence-corrected chi connectivity index (χ1v) is 9.24. The molecule has 2 aliphatic heterocycles. The average Bonchev–Trinajstić information content (AvgIpc) is 3.21. The molecule has 0 aromatic heterocycles. The zero-order chi connectivity index (χ0) is 16.1. The first-order valence-electron chi connectivity index (χ1n) is 9.24. The van der Waals surface area contributed by atoms with E-state index >= 15 is 0 Å². The maximum atomic E-state index is 12.0. The van der Waals surface area contributed by atoms with Crippen LogP contribution in [0.25, 0.3) is 0 Å². The molecule has 2 atom stereocenters. The molecule has 6 heteroatoms. The topological polar surface area (TPSA) is 73.8 Å². The molecule has 23 heavy (non-hydrogen) atoms. The zero-order valence-electron chi connectivity index (χ0n) is 14.1. The molecule has 2 amide bonds. The van der Waals surface area contributed by atoms with E-state index in [0.717, 1.165) is 6.04 Å². The predicted octanol–water partition coefficient (Wildman–Crippen LogP) is 1.23. The van der Waals surface area contributed by atoms with Gasteiger partial charge >= 0.3 is 6.03 Å². The van der Waals surface area contributed by atoms with Crippen LogP contribution in [0.3, 0.4) is 0 Å². The number of hydrogen-bond acceptors (Lipinski definition) is 4. The normalized spacial score (nSPS) is 33.0. The van der Waals surface area contributed by atoms with Crippen LogP contribution in [0.4, 0.5) is 4.79 Å². The van der Waals surface area contributed by atoms with E-state index in [4.69, 9.17) is 4.74 Å². The fourth-order valence-corrected chi connectivity index (χ4v) is 4.22. The number of carbonyl (C=O) groups is 1. The lowest BCUT2D eigenvalue weighted by Gasteiger charge is -2.35. The maximum Gasteiger partial charge on any atom is 0.314 e. The molecule has 3 N–H and O–H groups in total. The number of carbonyl (C=O) groups excluding carboxylic acids is 1. The van der Waals surface area contributed by atoms with E-state index in [2.05, 4.69) is 15.5 Å². The number of amides is 2. The number of likely N-dealkylation sites (tertiary alicyclic amines) is 1. The minimum Gasteiger partial charge on any atom is -0.386 e. The molecule has 0 aromatic carbocycles. The van der Waals surface area contributed by atoms with Gasteiger partial charge in [0.2, 0.25) is 0 Å². The van der Waals surface area contributed by atoms with Gasteiger partial charge in [-0.25, -0.2) is 4.79 Å². The monoisotopic (exact) mass is 325 g/mol. The second-order valence-electron chi connectivity index (χ2n) is 7.42. The van der Waals surface area contributed by atoms with E-state index in [0.29, 0.717) is 32.2 Å². The van der Waals surface area contributed by atoms with Gasteiger partial charge in [-0.1, -0.05) is 19.3 Å². The largest absolute Gasteiger partial charge is 0.386 e. The van der Waals surface area contributed by atoms with Crippen LogP contribution in [0.2, 0.25) is 0 Å². The molecule has 3 rings (SSSR count). The molecule has 0 radical (unpaired) electrons. The third-order valence-electron chi connectivity index (χ3n) is 5.63. The van der Waals surface area contributed by atoms with E-state index in [1.54, 1.807) is 0 Å². The summed E-state index contributed by atoms with van der Waals surface area (Å²) in [5, 5.41) is 15.9. The van der Waals surface area contributed by atoms with Gasteiger partial charge in [-0.2, -0.15) is 0 Å². The Bertz CT molecular complexity index is 393. The lowest BCUT2D eigenvalue weighted by atomic mass is 9.94. The van der Waals surface area contributed by atoms with Crippen LogP contribution in [0, 0.1) is 0 Å². The number of aliphatic hydroxyl groups is 1. The Hall–Kier alpha value is -0.850. The van der Waals surface area contributed by atoms with E-state index in [1.165, 1.54) is 51.5 Å². The van der Waals surface area contributed by atoms with Gasteiger partial charge in [0.1, 0.15) is 5.60 Å². The van der Waals surface area contributed by atoms with Crippen LogP contribution >= 0.6 is 0 Å². The number of hydrogen-bond donors (Lipinski definition) is 3. The first-order chi connectivity index (χ1) is 11.2. The highest BCUT2D eigenvalue weighted by molar-refractivity contribution is 5.73. The Morgan fingerprint density at radius 3 is 2.74 bits per heavy atom. The van der Waals surface area contributed by atoms with Gasteiger partial charge in [-0.15, -0.1) is 0 Å². The van der Waals surface area contributed by atoms with Crippen LogP contribution in [-0.2, 0) is 4.74 Å². The number of rotatable bonds is 5. The van der Waals surface area contributed by atoms with Crippen molar-refractivity contribution < 1.29 is 14.6 Å². The summed E-state index contributed by atoms with van der Waals surface area (Å²) in [6.07, 6.45) is 9.71. The first kappa shape index (κ1) is 17.0. The zero-order valence-corrected chi connectivity index (χ0v) is 14.1. The SMILES string of the molecule is O=C(NC[C@@H]1CCCN1C1CCCCC1)NC[C@@]1(O)CCOC1. The Morgan fingerprint density at radius 2 is 2.00 bits per heavy atom. The summed E-state index contributed by atoms with van der Waals surface area (Å²) in [5.74, 6) is 0. The number of nitrogens with one attached hydrogen (secondary N) is 2. The lowest BCUT2D eigenvalue weighted by molar-refractivity contribution is 0.0291. The molecule has 0 bridgehead atoms. The second-order valence-corrected chi connectivity index (χ2v) is 7.42. The molecule has 6 nitrogen and oxygen atoms in total. The van der Waals surface area contributed by atoms with Crippen molar-refractivity contribution in [1.29, 1.82) is 0 Å². The highest BCUT2D eigenvalue weighted by atomic mass is 16.5. The van der Waals surface area contributed by atoms with Gasteiger partial charge in [0.05, 0.1) is 13.2 Å². The third kappa shape index (κ3) is 4.58. The number of urea groups is 1. The molecule has 0 unspecified atom stereocenters. The van der Waals surface area contributed by atoms with Gasteiger partial charge in [0.15, 0.2) is 0 Å².